The molecule has 2 aliphatic rings. The van der Waals surface area contributed by atoms with E-state index in [2.05, 4.69) is 17.2 Å². The summed E-state index contributed by atoms with van der Waals surface area (Å²) in [4.78, 5) is 18.6. The average Bonchev–Trinajstić information content (AvgIpc) is 2.62. The second-order valence-corrected chi connectivity index (χ2v) is 7.27. The first-order valence-electron chi connectivity index (χ1n) is 8.91. The molecule has 1 saturated heterocycles. The van der Waals surface area contributed by atoms with Crippen LogP contribution in [0.5, 0.6) is 0 Å². The van der Waals surface area contributed by atoms with Crippen molar-refractivity contribution in [1.29, 1.82) is 0 Å². The van der Waals surface area contributed by atoms with Gasteiger partial charge >= 0.3 is 0 Å². The maximum absolute atomic E-state index is 12.5. The zero-order valence-electron chi connectivity index (χ0n) is 14.3. The van der Waals surface area contributed by atoms with Gasteiger partial charge in [-0.1, -0.05) is 37.8 Å². The van der Waals surface area contributed by atoms with Crippen LogP contribution in [-0.4, -0.2) is 48.6 Å². The third-order valence-corrected chi connectivity index (χ3v) is 5.50. The Morgan fingerprint density at radius 3 is 2.83 bits per heavy atom. The molecule has 1 saturated carbocycles. The number of hydrogen-bond acceptors (Lipinski definition) is 4. The molecule has 1 aliphatic carbocycles. The van der Waals surface area contributed by atoms with Gasteiger partial charge in [0.05, 0.1) is 23.8 Å². The molecule has 2 heterocycles. The number of hydrogen-bond donors (Lipinski definition) is 1. The lowest BCUT2D eigenvalue weighted by Gasteiger charge is -2.29. The predicted octanol–water partition coefficient (Wildman–Crippen LogP) is 3.45. The minimum absolute atomic E-state index is 0.0276. The highest BCUT2D eigenvalue weighted by atomic mass is 35.5. The molecule has 0 bridgehead atoms. The van der Waals surface area contributed by atoms with Crippen molar-refractivity contribution in [2.75, 3.05) is 38.2 Å². The van der Waals surface area contributed by atoms with Gasteiger partial charge in [-0.3, -0.25) is 4.79 Å². The third kappa shape index (κ3) is 4.19. The molecule has 5 nitrogen and oxygen atoms in total. The minimum Gasteiger partial charge on any atom is -0.378 e. The van der Waals surface area contributed by atoms with Gasteiger partial charge in [-0.25, -0.2) is 4.98 Å². The van der Waals surface area contributed by atoms with Crippen LogP contribution in [0.1, 0.15) is 43.0 Å². The highest BCUT2D eigenvalue weighted by Crippen LogP contribution is 2.30. The summed E-state index contributed by atoms with van der Waals surface area (Å²) in [5, 5.41) is 3.88. The number of aromatic nitrogens is 1. The largest absolute Gasteiger partial charge is 0.378 e. The lowest BCUT2D eigenvalue weighted by atomic mass is 9.80. The Hall–Kier alpha value is -1.33. The Labute approximate surface area is 148 Å². The summed E-state index contributed by atoms with van der Waals surface area (Å²) in [5.74, 6) is 2.06. The molecule has 1 aromatic rings. The normalized spacial score (nSPS) is 24.7. The van der Waals surface area contributed by atoms with Crippen molar-refractivity contribution in [3.63, 3.8) is 0 Å². The number of anilines is 1. The van der Waals surface area contributed by atoms with Crippen molar-refractivity contribution in [2.45, 2.75) is 32.6 Å². The standard InChI is InChI=1S/C18H26ClN3O2/c1-13-4-2-3-5-14(13)11-20-17-16(19)10-15(12-21-17)18(23)22-6-8-24-9-7-22/h10,12-14H,2-9,11H2,1H3,(H,20,21). The fraction of sp³-hybridized carbons (Fsp3) is 0.667. The number of pyridine rings is 1. The monoisotopic (exact) mass is 351 g/mol. The Balaban J connectivity index is 1.60. The number of ether oxygens (including phenoxy) is 1. The van der Waals surface area contributed by atoms with Crippen LogP contribution in [0, 0.1) is 11.8 Å². The summed E-state index contributed by atoms with van der Waals surface area (Å²) >= 11 is 6.35. The maximum Gasteiger partial charge on any atom is 0.255 e. The molecule has 1 amide bonds. The smallest absolute Gasteiger partial charge is 0.255 e. The van der Waals surface area contributed by atoms with Crippen LogP contribution in [0.15, 0.2) is 12.3 Å². The summed E-state index contributed by atoms with van der Waals surface area (Å²) in [7, 11) is 0. The Morgan fingerprint density at radius 1 is 1.38 bits per heavy atom. The van der Waals surface area contributed by atoms with Gasteiger partial charge in [0.25, 0.3) is 5.91 Å². The molecule has 132 valence electrons. The van der Waals surface area contributed by atoms with E-state index < -0.39 is 0 Å². The zero-order chi connectivity index (χ0) is 16.9. The summed E-state index contributed by atoms with van der Waals surface area (Å²) in [6.45, 7) is 5.64. The number of rotatable bonds is 4. The second kappa shape index (κ2) is 8.17. The molecule has 1 N–H and O–H groups in total. The quantitative estimate of drug-likeness (QED) is 0.902. The number of morpholine rings is 1. The van der Waals surface area contributed by atoms with Crippen molar-refractivity contribution < 1.29 is 9.53 Å². The highest BCUT2D eigenvalue weighted by molar-refractivity contribution is 6.33. The number of halogens is 1. The molecule has 0 radical (unpaired) electrons. The van der Waals surface area contributed by atoms with Gasteiger partial charge < -0.3 is 15.0 Å². The number of nitrogens with zero attached hydrogens (tertiary/aromatic N) is 2. The first kappa shape index (κ1) is 17.5. The van der Waals surface area contributed by atoms with Gasteiger partial charge in [0.2, 0.25) is 0 Å². The van der Waals surface area contributed by atoms with E-state index >= 15 is 0 Å². The van der Waals surface area contributed by atoms with Crippen LogP contribution >= 0.6 is 11.6 Å². The molecule has 0 aromatic carbocycles. The zero-order valence-corrected chi connectivity index (χ0v) is 15.0. The SMILES string of the molecule is CC1CCCCC1CNc1ncc(C(=O)N2CCOCC2)cc1Cl. The Morgan fingerprint density at radius 2 is 2.12 bits per heavy atom. The van der Waals surface area contributed by atoms with Gasteiger partial charge in [0.1, 0.15) is 5.82 Å². The van der Waals surface area contributed by atoms with E-state index in [0.717, 1.165) is 12.5 Å². The lowest BCUT2D eigenvalue weighted by Crippen LogP contribution is -2.40. The molecule has 1 aliphatic heterocycles. The molecule has 0 spiro atoms. The van der Waals surface area contributed by atoms with Crippen molar-refractivity contribution in [3.05, 3.63) is 22.8 Å². The van der Waals surface area contributed by atoms with Crippen LogP contribution in [0.2, 0.25) is 5.02 Å². The van der Waals surface area contributed by atoms with Gasteiger partial charge in [-0.2, -0.15) is 0 Å². The van der Waals surface area contributed by atoms with Crippen LogP contribution in [0.25, 0.3) is 0 Å². The van der Waals surface area contributed by atoms with E-state index in [1.807, 2.05) is 0 Å². The molecule has 2 unspecified atom stereocenters. The summed E-state index contributed by atoms with van der Waals surface area (Å²) < 4.78 is 5.28. The first-order chi connectivity index (χ1) is 11.6. The van der Waals surface area contributed by atoms with Crippen LogP contribution in [-0.2, 0) is 4.74 Å². The van der Waals surface area contributed by atoms with Gasteiger partial charge in [-0.05, 0) is 24.3 Å². The van der Waals surface area contributed by atoms with Gasteiger partial charge in [0.15, 0.2) is 0 Å². The highest BCUT2D eigenvalue weighted by Gasteiger charge is 2.22. The first-order valence-corrected chi connectivity index (χ1v) is 9.29. The van der Waals surface area contributed by atoms with Crippen molar-refractivity contribution >= 4 is 23.3 Å². The molecule has 6 heteroatoms. The van der Waals surface area contributed by atoms with Crippen molar-refractivity contribution in [1.82, 2.24) is 9.88 Å². The van der Waals surface area contributed by atoms with E-state index in [1.54, 1.807) is 17.2 Å². The minimum atomic E-state index is -0.0276. The molecule has 3 rings (SSSR count). The molecule has 24 heavy (non-hydrogen) atoms. The van der Waals surface area contributed by atoms with Crippen LogP contribution in [0.3, 0.4) is 0 Å². The molecule has 2 atom stereocenters. The van der Waals surface area contributed by atoms with Crippen molar-refractivity contribution in [3.8, 4) is 0 Å². The molecular formula is C18H26ClN3O2. The van der Waals surface area contributed by atoms with Crippen LogP contribution < -0.4 is 5.32 Å². The van der Waals surface area contributed by atoms with Crippen molar-refractivity contribution in [2.24, 2.45) is 11.8 Å². The fourth-order valence-corrected chi connectivity index (χ4v) is 3.79. The van der Waals surface area contributed by atoms with E-state index in [4.69, 9.17) is 16.3 Å². The van der Waals surface area contributed by atoms with Gasteiger partial charge in [-0.15, -0.1) is 0 Å². The van der Waals surface area contributed by atoms with E-state index in [9.17, 15) is 4.79 Å². The maximum atomic E-state index is 12.5. The number of amides is 1. The third-order valence-electron chi connectivity index (χ3n) is 5.21. The number of nitrogens with one attached hydrogen (secondary N) is 1. The summed E-state index contributed by atoms with van der Waals surface area (Å²) in [6, 6.07) is 1.72. The topological polar surface area (TPSA) is 54.5 Å². The number of carbonyl (C=O) groups is 1. The predicted molar refractivity (Wildman–Crippen MR) is 95.6 cm³/mol. The summed E-state index contributed by atoms with van der Waals surface area (Å²) in [6.07, 6.45) is 6.84. The van der Waals surface area contributed by atoms with E-state index in [1.165, 1.54) is 25.7 Å². The fourth-order valence-electron chi connectivity index (χ4n) is 3.56. The summed E-state index contributed by atoms with van der Waals surface area (Å²) in [5.41, 5.74) is 0.540. The van der Waals surface area contributed by atoms with Crippen LogP contribution in [0.4, 0.5) is 5.82 Å². The molecular weight excluding hydrogens is 326 g/mol. The second-order valence-electron chi connectivity index (χ2n) is 6.86. The van der Waals surface area contributed by atoms with E-state index in [0.29, 0.717) is 48.6 Å². The number of carbonyl (C=O) groups excluding carboxylic acids is 1. The van der Waals surface area contributed by atoms with E-state index in [-0.39, 0.29) is 5.91 Å². The molecule has 2 fully saturated rings. The van der Waals surface area contributed by atoms with Gasteiger partial charge in [0, 0.05) is 25.8 Å². The Bertz CT molecular complexity index is 575. The Kier molecular flexibility index (Phi) is 5.95. The lowest BCUT2D eigenvalue weighted by molar-refractivity contribution is 0.0302. The average molecular weight is 352 g/mol. The molecule has 1 aromatic heterocycles.